The summed E-state index contributed by atoms with van der Waals surface area (Å²) in [5, 5.41) is 11.3. The van der Waals surface area contributed by atoms with Crippen molar-refractivity contribution < 1.29 is 4.39 Å². The van der Waals surface area contributed by atoms with Crippen LogP contribution in [0.3, 0.4) is 0 Å². The van der Waals surface area contributed by atoms with Crippen molar-refractivity contribution in [2.24, 2.45) is 0 Å². The first kappa shape index (κ1) is 11.8. The number of nitrogens with one attached hydrogen (secondary N) is 2. The zero-order chi connectivity index (χ0) is 13.0. The second kappa shape index (κ2) is 5.10. The van der Waals surface area contributed by atoms with E-state index >= 15 is 0 Å². The van der Waals surface area contributed by atoms with Crippen molar-refractivity contribution in [2.75, 3.05) is 5.32 Å². The van der Waals surface area contributed by atoms with Gasteiger partial charge in [-0.05, 0) is 12.1 Å². The number of rotatable bonds is 3. The number of anilines is 1. The molecule has 0 bridgehead atoms. The molecule has 2 N–H and O–H groups in total. The number of aromatic amines is 1. The Labute approximate surface area is 102 Å². The zero-order valence-corrected chi connectivity index (χ0v) is 9.27. The van der Waals surface area contributed by atoms with Crippen LogP contribution in [0.4, 0.5) is 10.2 Å². The number of hydrogen-bond donors (Lipinski definition) is 2. The molecule has 0 unspecified atom stereocenters. The average Bonchev–Trinajstić information content (AvgIpc) is 2.39. The SMILES string of the molecule is N#Cc1ccc(CNc2ncc[nH]c2=O)c(F)c1. The van der Waals surface area contributed by atoms with Crippen molar-refractivity contribution in [2.45, 2.75) is 6.54 Å². The molecule has 90 valence electrons. The van der Waals surface area contributed by atoms with Crippen LogP contribution >= 0.6 is 0 Å². The molecular weight excluding hydrogens is 235 g/mol. The van der Waals surface area contributed by atoms with E-state index in [1.807, 2.05) is 6.07 Å². The normalized spacial score (nSPS) is 9.78. The predicted molar refractivity (Wildman–Crippen MR) is 63.3 cm³/mol. The number of aromatic nitrogens is 2. The molecule has 0 spiro atoms. The first-order valence-electron chi connectivity index (χ1n) is 5.17. The first-order valence-corrected chi connectivity index (χ1v) is 5.17. The fraction of sp³-hybridized carbons (Fsp3) is 0.0833. The molecule has 0 saturated heterocycles. The van der Waals surface area contributed by atoms with E-state index in [1.54, 1.807) is 0 Å². The Kier molecular flexibility index (Phi) is 3.34. The smallest absolute Gasteiger partial charge is 0.290 e. The highest BCUT2D eigenvalue weighted by atomic mass is 19.1. The highest BCUT2D eigenvalue weighted by Crippen LogP contribution is 2.10. The topological polar surface area (TPSA) is 81.6 Å². The minimum atomic E-state index is -0.492. The lowest BCUT2D eigenvalue weighted by molar-refractivity contribution is 0.612. The molecule has 0 amide bonds. The molecule has 5 nitrogen and oxygen atoms in total. The molecule has 0 aliphatic carbocycles. The lowest BCUT2D eigenvalue weighted by atomic mass is 10.1. The Morgan fingerprint density at radius 1 is 1.50 bits per heavy atom. The van der Waals surface area contributed by atoms with Crippen LogP contribution in [0.15, 0.2) is 35.4 Å². The minimum Gasteiger partial charge on any atom is -0.361 e. The highest BCUT2D eigenvalue weighted by molar-refractivity contribution is 5.36. The summed E-state index contributed by atoms with van der Waals surface area (Å²) >= 11 is 0. The molecule has 2 aromatic rings. The molecule has 1 aromatic heterocycles. The van der Waals surface area contributed by atoms with Crippen LogP contribution in [0.2, 0.25) is 0 Å². The largest absolute Gasteiger partial charge is 0.361 e. The maximum absolute atomic E-state index is 13.5. The zero-order valence-electron chi connectivity index (χ0n) is 9.27. The van der Waals surface area contributed by atoms with E-state index in [1.165, 1.54) is 24.5 Å². The summed E-state index contributed by atoms with van der Waals surface area (Å²) in [6.45, 7) is 0.123. The molecule has 1 aromatic carbocycles. The summed E-state index contributed by atoms with van der Waals surface area (Å²) in [6, 6.07) is 6.02. The van der Waals surface area contributed by atoms with E-state index in [9.17, 15) is 9.18 Å². The maximum Gasteiger partial charge on any atom is 0.290 e. The Bertz CT molecular complexity index is 660. The van der Waals surface area contributed by atoms with Gasteiger partial charge >= 0.3 is 0 Å². The lowest BCUT2D eigenvalue weighted by Crippen LogP contribution is -2.15. The van der Waals surface area contributed by atoms with E-state index in [-0.39, 0.29) is 23.5 Å². The van der Waals surface area contributed by atoms with E-state index < -0.39 is 5.82 Å². The lowest BCUT2D eigenvalue weighted by Gasteiger charge is -2.05. The van der Waals surface area contributed by atoms with Crippen molar-refractivity contribution in [3.8, 4) is 6.07 Å². The monoisotopic (exact) mass is 244 g/mol. The Morgan fingerprint density at radius 2 is 2.33 bits per heavy atom. The number of nitrogens with zero attached hydrogens (tertiary/aromatic N) is 2. The van der Waals surface area contributed by atoms with Crippen molar-refractivity contribution in [1.82, 2.24) is 9.97 Å². The quantitative estimate of drug-likeness (QED) is 0.854. The second-order valence-electron chi connectivity index (χ2n) is 3.54. The average molecular weight is 244 g/mol. The van der Waals surface area contributed by atoms with E-state index in [0.717, 1.165) is 6.07 Å². The van der Waals surface area contributed by atoms with Crippen LogP contribution in [0, 0.1) is 17.1 Å². The van der Waals surface area contributed by atoms with Gasteiger partial charge in [-0.15, -0.1) is 0 Å². The molecule has 0 saturated carbocycles. The number of benzene rings is 1. The third kappa shape index (κ3) is 2.52. The van der Waals surface area contributed by atoms with Crippen molar-refractivity contribution in [3.05, 3.63) is 57.9 Å². The molecule has 6 heteroatoms. The number of nitriles is 1. The third-order valence-electron chi connectivity index (χ3n) is 2.34. The van der Waals surface area contributed by atoms with E-state index in [4.69, 9.17) is 5.26 Å². The van der Waals surface area contributed by atoms with Crippen molar-refractivity contribution in [1.29, 1.82) is 5.26 Å². The highest BCUT2D eigenvalue weighted by Gasteiger charge is 2.05. The molecule has 0 fully saturated rings. The third-order valence-corrected chi connectivity index (χ3v) is 2.34. The molecule has 0 aliphatic heterocycles. The van der Waals surface area contributed by atoms with Crippen LogP contribution in [0.25, 0.3) is 0 Å². The standard InChI is InChI=1S/C12H9FN4O/c13-10-5-8(6-14)1-2-9(10)7-17-11-12(18)16-4-3-15-11/h1-5H,7H2,(H,15,17)(H,16,18). The summed E-state index contributed by atoms with van der Waals surface area (Å²) in [6.07, 6.45) is 2.84. The van der Waals surface area contributed by atoms with E-state index in [0.29, 0.717) is 5.56 Å². The van der Waals surface area contributed by atoms with Crippen LogP contribution in [0.1, 0.15) is 11.1 Å². The fourth-order valence-electron chi connectivity index (χ4n) is 1.42. The van der Waals surface area contributed by atoms with Gasteiger partial charge in [0.2, 0.25) is 0 Å². The van der Waals surface area contributed by atoms with Gasteiger partial charge in [-0.1, -0.05) is 6.07 Å². The summed E-state index contributed by atoms with van der Waals surface area (Å²) in [4.78, 5) is 17.6. The summed E-state index contributed by atoms with van der Waals surface area (Å²) < 4.78 is 13.5. The van der Waals surface area contributed by atoms with Crippen molar-refractivity contribution >= 4 is 5.82 Å². The minimum absolute atomic E-state index is 0.123. The summed E-state index contributed by atoms with van der Waals surface area (Å²) in [7, 11) is 0. The van der Waals surface area contributed by atoms with Gasteiger partial charge in [0, 0.05) is 24.5 Å². The van der Waals surface area contributed by atoms with Crippen LogP contribution in [-0.4, -0.2) is 9.97 Å². The molecule has 18 heavy (non-hydrogen) atoms. The number of halogens is 1. The van der Waals surface area contributed by atoms with Crippen LogP contribution in [-0.2, 0) is 6.54 Å². The van der Waals surface area contributed by atoms with Gasteiger partial charge < -0.3 is 10.3 Å². The van der Waals surface area contributed by atoms with Gasteiger partial charge in [0.1, 0.15) is 5.82 Å². The summed E-state index contributed by atoms with van der Waals surface area (Å²) in [5.41, 5.74) is 0.248. The molecule has 0 aliphatic rings. The van der Waals surface area contributed by atoms with Gasteiger partial charge in [0.05, 0.1) is 11.6 Å². The Morgan fingerprint density at radius 3 is 3.00 bits per heavy atom. The van der Waals surface area contributed by atoms with Crippen LogP contribution in [0.5, 0.6) is 0 Å². The maximum atomic E-state index is 13.5. The van der Waals surface area contributed by atoms with Crippen LogP contribution < -0.4 is 10.9 Å². The molecule has 2 rings (SSSR count). The predicted octanol–water partition coefficient (Wildman–Crippen LogP) is 1.39. The van der Waals surface area contributed by atoms with Gasteiger partial charge in [0.15, 0.2) is 5.82 Å². The first-order chi connectivity index (χ1) is 8.70. The molecule has 0 radical (unpaired) electrons. The van der Waals surface area contributed by atoms with Gasteiger partial charge in [-0.25, -0.2) is 9.37 Å². The van der Waals surface area contributed by atoms with E-state index in [2.05, 4.69) is 15.3 Å². The number of hydrogen-bond acceptors (Lipinski definition) is 4. The van der Waals surface area contributed by atoms with Gasteiger partial charge in [-0.2, -0.15) is 5.26 Å². The Balaban J connectivity index is 2.14. The molecule has 0 atom stereocenters. The summed E-state index contributed by atoms with van der Waals surface area (Å²) in [5.74, 6) is -0.366. The fourth-order valence-corrected chi connectivity index (χ4v) is 1.42. The second-order valence-corrected chi connectivity index (χ2v) is 3.54. The molecular formula is C12H9FN4O. The van der Waals surface area contributed by atoms with Crippen molar-refractivity contribution in [3.63, 3.8) is 0 Å². The van der Waals surface area contributed by atoms with Gasteiger partial charge in [-0.3, -0.25) is 4.79 Å². The van der Waals surface area contributed by atoms with Gasteiger partial charge in [0.25, 0.3) is 5.56 Å². The number of H-pyrrole nitrogens is 1. The molecule has 1 heterocycles. The Hall–Kier alpha value is -2.68.